The van der Waals surface area contributed by atoms with Crippen molar-refractivity contribution in [1.29, 1.82) is 0 Å². The number of halogens is 1. The highest BCUT2D eigenvalue weighted by atomic mass is 127. The van der Waals surface area contributed by atoms with Crippen molar-refractivity contribution in [3.63, 3.8) is 0 Å². The predicted molar refractivity (Wildman–Crippen MR) is 111 cm³/mol. The second-order valence-electron chi connectivity index (χ2n) is 6.66. The van der Waals surface area contributed by atoms with Gasteiger partial charge in [-0.3, -0.25) is 0 Å². The Morgan fingerprint density at radius 1 is 0.913 bits per heavy atom. The molecule has 0 atom stereocenters. The van der Waals surface area contributed by atoms with Crippen molar-refractivity contribution in [2.24, 2.45) is 0 Å². The van der Waals surface area contributed by atoms with Crippen molar-refractivity contribution in [2.45, 2.75) is 32.2 Å². The molecule has 0 heterocycles. The SMILES string of the molecule is CC(C)(C)[Si](OCC/C=C/I)(c1ccccc1)c1ccccc1. The molecule has 0 aliphatic rings. The van der Waals surface area contributed by atoms with E-state index in [0.29, 0.717) is 0 Å². The van der Waals surface area contributed by atoms with Crippen molar-refractivity contribution in [2.75, 3.05) is 6.61 Å². The molecule has 2 aromatic rings. The molecule has 0 amide bonds. The quantitative estimate of drug-likeness (QED) is 0.356. The van der Waals surface area contributed by atoms with Crippen LogP contribution in [-0.2, 0) is 4.43 Å². The molecule has 0 radical (unpaired) electrons. The molecule has 0 aliphatic heterocycles. The largest absolute Gasteiger partial charge is 0.407 e. The molecule has 0 saturated heterocycles. The van der Waals surface area contributed by atoms with Gasteiger partial charge in [-0.15, -0.1) is 0 Å². The van der Waals surface area contributed by atoms with E-state index >= 15 is 0 Å². The summed E-state index contributed by atoms with van der Waals surface area (Å²) in [6.07, 6.45) is 3.12. The van der Waals surface area contributed by atoms with E-state index in [2.05, 4.69) is 114 Å². The lowest BCUT2D eigenvalue weighted by molar-refractivity contribution is 0.304. The summed E-state index contributed by atoms with van der Waals surface area (Å²) in [7, 11) is -2.34. The maximum absolute atomic E-state index is 6.75. The van der Waals surface area contributed by atoms with Crippen LogP contribution < -0.4 is 10.4 Å². The molecule has 122 valence electrons. The number of benzene rings is 2. The Bertz CT molecular complexity index is 578. The molecule has 2 rings (SSSR count). The zero-order valence-electron chi connectivity index (χ0n) is 14.1. The lowest BCUT2D eigenvalue weighted by Gasteiger charge is -2.43. The molecule has 23 heavy (non-hydrogen) atoms. The molecule has 0 bridgehead atoms. The molecule has 0 spiro atoms. The molecule has 1 nitrogen and oxygen atoms in total. The van der Waals surface area contributed by atoms with Crippen LogP contribution in [0.5, 0.6) is 0 Å². The monoisotopic (exact) mass is 436 g/mol. The van der Waals surface area contributed by atoms with Crippen molar-refractivity contribution < 1.29 is 4.43 Å². The second-order valence-corrected chi connectivity index (χ2v) is 11.7. The Hall–Kier alpha value is -0.913. The Kier molecular flexibility index (Phi) is 6.62. The third kappa shape index (κ3) is 4.14. The zero-order valence-corrected chi connectivity index (χ0v) is 17.3. The minimum Gasteiger partial charge on any atom is -0.407 e. The van der Waals surface area contributed by atoms with Crippen molar-refractivity contribution in [1.82, 2.24) is 0 Å². The van der Waals surface area contributed by atoms with Crippen molar-refractivity contribution in [3.8, 4) is 0 Å². The van der Waals surface area contributed by atoms with E-state index in [0.717, 1.165) is 13.0 Å². The smallest absolute Gasteiger partial charge is 0.261 e. The van der Waals surface area contributed by atoms with Gasteiger partial charge in [0, 0.05) is 6.61 Å². The van der Waals surface area contributed by atoms with Gasteiger partial charge in [0.1, 0.15) is 0 Å². The van der Waals surface area contributed by atoms with Crippen LogP contribution in [0, 0.1) is 0 Å². The fraction of sp³-hybridized carbons (Fsp3) is 0.300. The normalized spacial score (nSPS) is 12.7. The average molecular weight is 436 g/mol. The first kappa shape index (κ1) is 18.4. The third-order valence-corrected chi connectivity index (χ3v) is 9.66. The summed E-state index contributed by atoms with van der Waals surface area (Å²) in [4.78, 5) is 0. The highest BCUT2D eigenvalue weighted by Gasteiger charge is 2.49. The van der Waals surface area contributed by atoms with Gasteiger partial charge < -0.3 is 4.43 Å². The first-order valence-corrected chi connectivity index (χ1v) is 11.2. The second kappa shape index (κ2) is 8.26. The molecule has 0 fully saturated rings. The van der Waals surface area contributed by atoms with Crippen molar-refractivity contribution >= 4 is 41.3 Å². The van der Waals surface area contributed by atoms with E-state index in [4.69, 9.17) is 4.43 Å². The van der Waals surface area contributed by atoms with Crippen LogP contribution in [0.1, 0.15) is 27.2 Å². The highest BCUT2D eigenvalue weighted by Crippen LogP contribution is 2.36. The first-order chi connectivity index (χ1) is 11.0. The van der Waals surface area contributed by atoms with Crippen LogP contribution in [0.25, 0.3) is 0 Å². The summed E-state index contributed by atoms with van der Waals surface area (Å²) in [5, 5.41) is 2.75. The fourth-order valence-electron chi connectivity index (χ4n) is 3.10. The maximum atomic E-state index is 6.75. The van der Waals surface area contributed by atoms with Crippen LogP contribution >= 0.6 is 22.6 Å². The Morgan fingerprint density at radius 3 is 1.78 bits per heavy atom. The van der Waals surface area contributed by atoms with Gasteiger partial charge in [-0.1, -0.05) is 110 Å². The summed E-state index contributed by atoms with van der Waals surface area (Å²) in [5.41, 5.74) is 0. The zero-order chi connectivity index (χ0) is 16.8. The van der Waals surface area contributed by atoms with Gasteiger partial charge in [0.25, 0.3) is 8.32 Å². The number of hydrogen-bond acceptors (Lipinski definition) is 1. The van der Waals surface area contributed by atoms with Crippen molar-refractivity contribution in [3.05, 3.63) is 70.8 Å². The minimum atomic E-state index is -2.34. The Morgan fingerprint density at radius 2 is 1.39 bits per heavy atom. The molecule has 0 N–H and O–H groups in total. The Balaban J connectivity index is 2.55. The molecule has 3 heteroatoms. The lowest BCUT2D eigenvalue weighted by atomic mass is 10.2. The van der Waals surface area contributed by atoms with Gasteiger partial charge in [-0.05, 0) is 25.9 Å². The number of rotatable bonds is 6. The summed E-state index contributed by atoms with van der Waals surface area (Å²) >= 11 is 2.26. The summed E-state index contributed by atoms with van der Waals surface area (Å²) < 4.78 is 8.81. The highest BCUT2D eigenvalue weighted by molar-refractivity contribution is 14.1. The van der Waals surface area contributed by atoms with Gasteiger partial charge in [-0.25, -0.2) is 0 Å². The van der Waals surface area contributed by atoms with Gasteiger partial charge in [0.15, 0.2) is 0 Å². The van der Waals surface area contributed by atoms with Crippen LogP contribution in [0.15, 0.2) is 70.8 Å². The molecule has 0 aromatic heterocycles. The molecule has 0 aliphatic carbocycles. The van der Waals surface area contributed by atoms with Crippen LogP contribution in [0.3, 0.4) is 0 Å². The molecule has 0 unspecified atom stereocenters. The van der Waals surface area contributed by atoms with Crippen LogP contribution in [0.4, 0.5) is 0 Å². The lowest BCUT2D eigenvalue weighted by Crippen LogP contribution is -2.66. The standard InChI is InChI=1S/C20H25IOSi/c1-20(2,3)23(22-17-11-10-16-21,18-12-6-4-7-13-18)19-14-8-5-9-15-19/h4-10,12-16H,11,17H2,1-3H3/b16-10+. The molecular formula is C20H25IOSi. The van der Waals surface area contributed by atoms with E-state index < -0.39 is 8.32 Å². The van der Waals surface area contributed by atoms with Gasteiger partial charge in [-0.2, -0.15) is 0 Å². The van der Waals surface area contributed by atoms with E-state index in [1.807, 2.05) is 0 Å². The third-order valence-electron chi connectivity index (χ3n) is 4.11. The van der Waals surface area contributed by atoms with Crippen LogP contribution in [-0.4, -0.2) is 14.9 Å². The van der Waals surface area contributed by atoms with Crippen LogP contribution in [0.2, 0.25) is 5.04 Å². The maximum Gasteiger partial charge on any atom is 0.261 e. The Labute approximate surface area is 155 Å². The van der Waals surface area contributed by atoms with E-state index in [9.17, 15) is 0 Å². The fourth-order valence-corrected chi connectivity index (χ4v) is 8.04. The molecular weight excluding hydrogens is 411 g/mol. The number of hydrogen-bond donors (Lipinski definition) is 0. The molecule has 0 saturated carbocycles. The average Bonchev–Trinajstić information content (AvgIpc) is 2.55. The summed E-state index contributed by atoms with van der Waals surface area (Å²) in [5.74, 6) is 0. The first-order valence-electron chi connectivity index (χ1n) is 8.02. The molecule has 2 aromatic carbocycles. The topological polar surface area (TPSA) is 9.23 Å². The summed E-state index contributed by atoms with van der Waals surface area (Å²) in [6.45, 7) is 7.70. The van der Waals surface area contributed by atoms with E-state index in [1.165, 1.54) is 10.4 Å². The van der Waals surface area contributed by atoms with Gasteiger partial charge in [0.05, 0.1) is 0 Å². The van der Waals surface area contributed by atoms with E-state index in [-0.39, 0.29) is 5.04 Å². The minimum absolute atomic E-state index is 0.0593. The summed E-state index contributed by atoms with van der Waals surface area (Å²) in [6, 6.07) is 21.6. The van der Waals surface area contributed by atoms with E-state index in [1.54, 1.807) is 0 Å². The predicted octanol–water partition coefficient (Wildman–Crippen LogP) is 4.90. The van der Waals surface area contributed by atoms with Gasteiger partial charge in [0.2, 0.25) is 0 Å². The van der Waals surface area contributed by atoms with Gasteiger partial charge >= 0.3 is 0 Å².